The van der Waals surface area contributed by atoms with Gasteiger partial charge in [-0.05, 0) is 18.6 Å². The largest absolute Gasteiger partial charge is 0.381 e. The number of carbonyl (C=O) groups is 1. The highest BCUT2D eigenvalue weighted by Crippen LogP contribution is 2.24. The first-order valence-electron chi connectivity index (χ1n) is 6.77. The molecule has 1 aliphatic heterocycles. The fraction of sp³-hybridized carbons (Fsp3) is 0.462. The Hall–Kier alpha value is -1.80. The third-order valence-corrected chi connectivity index (χ3v) is 3.82. The van der Waals surface area contributed by atoms with Crippen molar-refractivity contribution in [2.45, 2.75) is 12.5 Å². The molecule has 1 aliphatic rings. The number of hydrogen-bond acceptors (Lipinski definition) is 5. The highest BCUT2D eigenvalue weighted by molar-refractivity contribution is 7.88. The van der Waals surface area contributed by atoms with Crippen LogP contribution in [0, 0.1) is 0 Å². The molecular formula is C13H20N4O3S. The summed E-state index contributed by atoms with van der Waals surface area (Å²) in [4.78, 5) is 12.0. The average Bonchev–Trinajstić information content (AvgIpc) is 2.45. The third-order valence-electron chi connectivity index (χ3n) is 3.09. The average molecular weight is 312 g/mol. The van der Waals surface area contributed by atoms with E-state index in [1.807, 2.05) is 24.3 Å². The molecule has 0 fully saturated rings. The van der Waals surface area contributed by atoms with Crippen LogP contribution in [0.4, 0.5) is 11.4 Å². The summed E-state index contributed by atoms with van der Waals surface area (Å²) in [7, 11) is -3.16. The van der Waals surface area contributed by atoms with Gasteiger partial charge >= 0.3 is 0 Å². The van der Waals surface area contributed by atoms with Crippen molar-refractivity contribution in [1.82, 2.24) is 10.0 Å². The zero-order valence-electron chi connectivity index (χ0n) is 11.8. The van der Waals surface area contributed by atoms with Crippen molar-refractivity contribution >= 4 is 27.3 Å². The van der Waals surface area contributed by atoms with Crippen LogP contribution in [-0.4, -0.2) is 46.3 Å². The SMILES string of the molecule is CS(=O)(=O)NCCCNC(=O)C1CNc2ccccc2N1. The number of para-hydroxylation sites is 2. The number of fused-ring (bicyclic) bond motifs is 1. The van der Waals surface area contributed by atoms with E-state index in [0.29, 0.717) is 26.1 Å². The van der Waals surface area contributed by atoms with Crippen LogP contribution in [0.1, 0.15) is 6.42 Å². The number of anilines is 2. The van der Waals surface area contributed by atoms with E-state index in [1.54, 1.807) is 0 Å². The molecule has 1 amide bonds. The van der Waals surface area contributed by atoms with Crippen molar-refractivity contribution in [1.29, 1.82) is 0 Å². The van der Waals surface area contributed by atoms with Crippen LogP contribution in [0.5, 0.6) is 0 Å². The Morgan fingerprint density at radius 2 is 2.00 bits per heavy atom. The molecule has 1 atom stereocenters. The van der Waals surface area contributed by atoms with E-state index in [4.69, 9.17) is 0 Å². The Balaban J connectivity index is 1.73. The van der Waals surface area contributed by atoms with Crippen molar-refractivity contribution in [3.8, 4) is 0 Å². The molecule has 0 bridgehead atoms. The van der Waals surface area contributed by atoms with E-state index < -0.39 is 10.0 Å². The molecule has 1 aromatic rings. The topological polar surface area (TPSA) is 99.3 Å². The van der Waals surface area contributed by atoms with Crippen LogP contribution in [0.15, 0.2) is 24.3 Å². The molecule has 21 heavy (non-hydrogen) atoms. The lowest BCUT2D eigenvalue weighted by Gasteiger charge is -2.27. The molecule has 1 unspecified atom stereocenters. The molecule has 0 aliphatic carbocycles. The van der Waals surface area contributed by atoms with E-state index in [1.165, 1.54) is 0 Å². The van der Waals surface area contributed by atoms with Gasteiger partial charge in [0.1, 0.15) is 6.04 Å². The molecule has 0 spiro atoms. The molecule has 1 heterocycles. The fourth-order valence-electron chi connectivity index (χ4n) is 2.05. The predicted octanol–water partition coefficient (Wildman–Crippen LogP) is -0.0519. The molecule has 0 radical (unpaired) electrons. The normalized spacial score (nSPS) is 17.3. The fourth-order valence-corrected chi connectivity index (χ4v) is 2.57. The van der Waals surface area contributed by atoms with Gasteiger partial charge in [0, 0.05) is 19.6 Å². The quantitative estimate of drug-likeness (QED) is 0.552. The molecule has 0 saturated heterocycles. The number of carbonyl (C=O) groups excluding carboxylic acids is 1. The number of hydrogen-bond donors (Lipinski definition) is 4. The number of benzene rings is 1. The lowest BCUT2D eigenvalue weighted by molar-refractivity contribution is -0.121. The molecule has 2 rings (SSSR count). The molecule has 0 aromatic heterocycles. The predicted molar refractivity (Wildman–Crippen MR) is 82.8 cm³/mol. The van der Waals surface area contributed by atoms with Crippen molar-refractivity contribution in [2.24, 2.45) is 0 Å². The standard InChI is InChI=1S/C13H20N4O3S/c1-21(19,20)16-8-4-7-14-13(18)12-9-15-10-5-2-3-6-11(10)17-12/h2-3,5-6,12,15-17H,4,7-9H2,1H3,(H,14,18). The number of sulfonamides is 1. The van der Waals surface area contributed by atoms with Gasteiger partial charge in [0.25, 0.3) is 0 Å². The molecule has 4 N–H and O–H groups in total. The second-order valence-corrected chi connectivity index (χ2v) is 6.77. The minimum atomic E-state index is -3.16. The van der Waals surface area contributed by atoms with Gasteiger partial charge in [0.05, 0.1) is 17.6 Å². The van der Waals surface area contributed by atoms with E-state index in [-0.39, 0.29) is 11.9 Å². The zero-order chi connectivity index (χ0) is 15.3. The monoisotopic (exact) mass is 312 g/mol. The Bertz CT molecular complexity index is 603. The van der Waals surface area contributed by atoms with Gasteiger partial charge in [-0.3, -0.25) is 4.79 Å². The first kappa shape index (κ1) is 15.6. The van der Waals surface area contributed by atoms with E-state index in [0.717, 1.165) is 17.6 Å². The Morgan fingerprint density at radius 3 is 2.71 bits per heavy atom. The van der Waals surface area contributed by atoms with Gasteiger partial charge in [-0.25, -0.2) is 13.1 Å². The Kier molecular flexibility index (Phi) is 5.03. The summed E-state index contributed by atoms with van der Waals surface area (Å²) in [5.74, 6) is -0.101. The molecule has 116 valence electrons. The summed E-state index contributed by atoms with van der Waals surface area (Å²) in [5.41, 5.74) is 1.89. The van der Waals surface area contributed by atoms with Crippen molar-refractivity contribution in [2.75, 3.05) is 36.5 Å². The Morgan fingerprint density at radius 1 is 1.29 bits per heavy atom. The van der Waals surface area contributed by atoms with Gasteiger partial charge < -0.3 is 16.0 Å². The van der Waals surface area contributed by atoms with Crippen LogP contribution < -0.4 is 20.7 Å². The molecular weight excluding hydrogens is 292 g/mol. The van der Waals surface area contributed by atoms with Crippen LogP contribution in [-0.2, 0) is 14.8 Å². The van der Waals surface area contributed by atoms with Gasteiger partial charge in [-0.1, -0.05) is 12.1 Å². The van der Waals surface area contributed by atoms with Crippen LogP contribution in [0.3, 0.4) is 0 Å². The summed E-state index contributed by atoms with van der Waals surface area (Å²) < 4.78 is 24.1. The maximum atomic E-state index is 12.0. The van der Waals surface area contributed by atoms with Gasteiger partial charge in [-0.2, -0.15) is 0 Å². The number of rotatable bonds is 6. The second kappa shape index (κ2) is 6.77. The van der Waals surface area contributed by atoms with Crippen LogP contribution >= 0.6 is 0 Å². The smallest absolute Gasteiger partial charge is 0.244 e. The minimum absolute atomic E-state index is 0.101. The Labute approximate surface area is 124 Å². The molecule has 1 aromatic carbocycles. The van der Waals surface area contributed by atoms with Gasteiger partial charge in [0.15, 0.2) is 0 Å². The highest BCUT2D eigenvalue weighted by atomic mass is 32.2. The van der Waals surface area contributed by atoms with E-state index in [2.05, 4.69) is 20.7 Å². The third kappa shape index (κ3) is 4.91. The molecule has 8 heteroatoms. The first-order chi connectivity index (χ1) is 9.96. The zero-order valence-corrected chi connectivity index (χ0v) is 12.7. The second-order valence-electron chi connectivity index (χ2n) is 4.93. The van der Waals surface area contributed by atoms with Crippen molar-refractivity contribution in [3.05, 3.63) is 24.3 Å². The number of nitrogens with one attached hydrogen (secondary N) is 4. The van der Waals surface area contributed by atoms with Crippen LogP contribution in [0.2, 0.25) is 0 Å². The summed E-state index contributed by atoms with van der Waals surface area (Å²) in [6.07, 6.45) is 1.66. The van der Waals surface area contributed by atoms with Crippen molar-refractivity contribution < 1.29 is 13.2 Å². The summed E-state index contributed by atoms with van der Waals surface area (Å²) in [6.45, 7) is 1.27. The lowest BCUT2D eigenvalue weighted by Crippen LogP contribution is -2.46. The van der Waals surface area contributed by atoms with Gasteiger partial charge in [0.2, 0.25) is 15.9 Å². The minimum Gasteiger partial charge on any atom is -0.381 e. The first-order valence-corrected chi connectivity index (χ1v) is 8.66. The molecule has 7 nitrogen and oxygen atoms in total. The maximum absolute atomic E-state index is 12.0. The molecule has 0 saturated carbocycles. The lowest BCUT2D eigenvalue weighted by atomic mass is 10.1. The number of amides is 1. The highest BCUT2D eigenvalue weighted by Gasteiger charge is 2.22. The summed E-state index contributed by atoms with van der Waals surface area (Å²) in [6, 6.07) is 7.38. The summed E-state index contributed by atoms with van der Waals surface area (Å²) >= 11 is 0. The van der Waals surface area contributed by atoms with E-state index >= 15 is 0 Å². The van der Waals surface area contributed by atoms with Gasteiger partial charge in [-0.15, -0.1) is 0 Å². The van der Waals surface area contributed by atoms with Crippen LogP contribution in [0.25, 0.3) is 0 Å². The van der Waals surface area contributed by atoms with E-state index in [9.17, 15) is 13.2 Å². The maximum Gasteiger partial charge on any atom is 0.244 e. The summed E-state index contributed by atoms with van der Waals surface area (Å²) in [5, 5.41) is 9.17. The van der Waals surface area contributed by atoms with Crippen molar-refractivity contribution in [3.63, 3.8) is 0 Å².